The van der Waals surface area contributed by atoms with Crippen LogP contribution in [-0.2, 0) is 4.79 Å². The maximum atomic E-state index is 13.7. The van der Waals surface area contributed by atoms with Gasteiger partial charge in [-0.2, -0.15) is 0 Å². The first kappa shape index (κ1) is 19.0. The van der Waals surface area contributed by atoms with Crippen molar-refractivity contribution in [3.8, 4) is 5.75 Å². The lowest BCUT2D eigenvalue weighted by Gasteiger charge is -2.17. The monoisotopic (exact) mass is 384 g/mol. The number of nitrogens with one attached hydrogen (secondary N) is 1. The minimum atomic E-state index is -0.651. The summed E-state index contributed by atoms with van der Waals surface area (Å²) in [6.07, 6.45) is 0. The Morgan fingerprint density at radius 2 is 1.88 bits per heavy atom. The van der Waals surface area contributed by atoms with Crippen LogP contribution in [0.4, 0.5) is 10.1 Å². The molecule has 0 aromatic heterocycles. The first-order chi connectivity index (χ1) is 11.8. The summed E-state index contributed by atoms with van der Waals surface area (Å²) in [4.78, 5) is 25.5. The topological polar surface area (TPSA) is 58.6 Å². The van der Waals surface area contributed by atoms with E-state index >= 15 is 0 Å². The van der Waals surface area contributed by atoms with Gasteiger partial charge in [0, 0.05) is 18.3 Å². The molecule has 0 atom stereocenters. The van der Waals surface area contributed by atoms with Gasteiger partial charge < -0.3 is 15.0 Å². The summed E-state index contributed by atoms with van der Waals surface area (Å²) in [6, 6.07) is 8.49. The molecule has 5 nitrogen and oxygen atoms in total. The first-order valence-electron chi connectivity index (χ1n) is 7.15. The highest BCUT2D eigenvalue weighted by Gasteiger charge is 2.17. The van der Waals surface area contributed by atoms with Crippen molar-refractivity contribution < 1.29 is 18.7 Å². The molecule has 2 amide bonds. The minimum absolute atomic E-state index is 0.0385. The zero-order chi connectivity index (χ0) is 18.6. The summed E-state index contributed by atoms with van der Waals surface area (Å²) >= 11 is 11.7. The van der Waals surface area contributed by atoms with E-state index in [1.165, 1.54) is 37.3 Å². The van der Waals surface area contributed by atoms with E-state index in [0.717, 1.165) is 6.07 Å². The molecule has 132 valence electrons. The zero-order valence-corrected chi connectivity index (χ0v) is 15.0. The van der Waals surface area contributed by atoms with Gasteiger partial charge in [0.1, 0.15) is 0 Å². The molecular weight excluding hydrogens is 370 g/mol. The van der Waals surface area contributed by atoms with Gasteiger partial charge in [0.25, 0.3) is 5.91 Å². The van der Waals surface area contributed by atoms with Crippen molar-refractivity contribution in [3.63, 3.8) is 0 Å². The molecule has 0 saturated carbocycles. The van der Waals surface area contributed by atoms with Crippen LogP contribution in [0.2, 0.25) is 10.0 Å². The molecule has 0 saturated heterocycles. The Balaban J connectivity index is 2.01. The Morgan fingerprint density at radius 1 is 1.16 bits per heavy atom. The molecule has 0 aliphatic heterocycles. The molecule has 8 heteroatoms. The number of ether oxygens (including phenoxy) is 1. The number of methoxy groups -OCH3 is 1. The Bertz CT molecular complexity index is 814. The second-order valence-electron chi connectivity index (χ2n) is 5.19. The molecule has 2 aromatic rings. The number of rotatable bonds is 5. The average molecular weight is 385 g/mol. The third-order valence-electron chi connectivity index (χ3n) is 3.33. The number of carbonyl (C=O) groups is 2. The predicted octanol–water partition coefficient (Wildman–Crippen LogP) is 3.85. The van der Waals surface area contributed by atoms with E-state index in [1.807, 2.05) is 0 Å². The predicted molar refractivity (Wildman–Crippen MR) is 95.0 cm³/mol. The van der Waals surface area contributed by atoms with Crippen LogP contribution in [0, 0.1) is 5.82 Å². The van der Waals surface area contributed by atoms with Crippen molar-refractivity contribution in [1.82, 2.24) is 4.90 Å². The van der Waals surface area contributed by atoms with Crippen molar-refractivity contribution in [1.29, 1.82) is 0 Å². The quantitative estimate of drug-likeness (QED) is 0.851. The van der Waals surface area contributed by atoms with Crippen LogP contribution in [0.5, 0.6) is 5.75 Å². The van der Waals surface area contributed by atoms with E-state index in [2.05, 4.69) is 5.32 Å². The maximum Gasteiger partial charge on any atom is 0.254 e. The lowest BCUT2D eigenvalue weighted by atomic mass is 10.2. The second-order valence-corrected chi connectivity index (χ2v) is 6.00. The number of benzene rings is 2. The van der Waals surface area contributed by atoms with Crippen molar-refractivity contribution in [2.45, 2.75) is 0 Å². The molecule has 0 aliphatic rings. The fraction of sp³-hybridized carbons (Fsp3) is 0.176. The smallest absolute Gasteiger partial charge is 0.254 e. The normalized spacial score (nSPS) is 10.3. The van der Waals surface area contributed by atoms with E-state index in [-0.39, 0.29) is 17.9 Å². The number of anilines is 1. The van der Waals surface area contributed by atoms with Crippen molar-refractivity contribution >= 4 is 40.7 Å². The summed E-state index contributed by atoms with van der Waals surface area (Å²) in [6.45, 7) is -0.216. The molecule has 0 unspecified atom stereocenters. The lowest BCUT2D eigenvalue weighted by Crippen LogP contribution is -2.35. The average Bonchev–Trinajstić information content (AvgIpc) is 2.57. The Labute approximate surface area is 154 Å². The van der Waals surface area contributed by atoms with Crippen LogP contribution in [-0.4, -0.2) is 37.4 Å². The van der Waals surface area contributed by atoms with E-state index < -0.39 is 17.6 Å². The number of hydrogen-bond donors (Lipinski definition) is 1. The number of likely N-dealkylation sites (N-methyl/N-ethyl adjacent to an activating group) is 1. The number of amides is 2. The van der Waals surface area contributed by atoms with Crippen LogP contribution in [0.3, 0.4) is 0 Å². The van der Waals surface area contributed by atoms with Gasteiger partial charge >= 0.3 is 0 Å². The fourth-order valence-electron chi connectivity index (χ4n) is 2.08. The van der Waals surface area contributed by atoms with Gasteiger partial charge in [-0.1, -0.05) is 23.2 Å². The van der Waals surface area contributed by atoms with Crippen molar-refractivity contribution in [2.24, 2.45) is 0 Å². The van der Waals surface area contributed by atoms with Gasteiger partial charge in [-0.25, -0.2) is 4.39 Å². The number of carbonyl (C=O) groups excluding carboxylic acids is 2. The highest BCUT2D eigenvalue weighted by molar-refractivity contribution is 6.42. The summed E-state index contributed by atoms with van der Waals surface area (Å²) in [5, 5.41) is 3.28. The van der Waals surface area contributed by atoms with Crippen LogP contribution < -0.4 is 10.1 Å². The Hall–Kier alpha value is -2.31. The van der Waals surface area contributed by atoms with E-state index in [9.17, 15) is 14.0 Å². The number of nitrogens with zero attached hydrogens (tertiary/aromatic N) is 1. The number of halogens is 3. The van der Waals surface area contributed by atoms with E-state index in [4.69, 9.17) is 27.9 Å². The molecule has 1 N–H and O–H groups in total. The van der Waals surface area contributed by atoms with Gasteiger partial charge in [-0.15, -0.1) is 0 Å². The molecule has 2 rings (SSSR count). The second kappa shape index (κ2) is 8.18. The summed E-state index contributed by atoms with van der Waals surface area (Å²) in [5.74, 6) is -1.53. The third kappa shape index (κ3) is 4.84. The minimum Gasteiger partial charge on any atom is -0.494 e. The standard InChI is InChI=1S/C17H15Cl2FN2O3/c1-22(17(24)10-3-6-15(25-2)14(20)7-10)9-16(23)21-11-4-5-12(18)13(19)8-11/h3-8H,9H2,1-2H3,(H,21,23). The van der Waals surface area contributed by atoms with Crippen molar-refractivity contribution in [3.05, 3.63) is 57.8 Å². The first-order valence-corrected chi connectivity index (χ1v) is 7.91. The highest BCUT2D eigenvalue weighted by atomic mass is 35.5. The van der Waals surface area contributed by atoms with Gasteiger partial charge in [0.15, 0.2) is 11.6 Å². The number of hydrogen-bond acceptors (Lipinski definition) is 3. The maximum absolute atomic E-state index is 13.7. The summed E-state index contributed by atoms with van der Waals surface area (Å²) < 4.78 is 18.5. The summed E-state index contributed by atoms with van der Waals surface area (Å²) in [5.41, 5.74) is 0.568. The molecule has 0 radical (unpaired) electrons. The van der Waals surface area contributed by atoms with Crippen LogP contribution in [0.25, 0.3) is 0 Å². The SMILES string of the molecule is COc1ccc(C(=O)N(C)CC(=O)Nc2ccc(Cl)c(Cl)c2)cc1F. The molecule has 2 aromatic carbocycles. The molecule has 0 heterocycles. The van der Waals surface area contributed by atoms with Gasteiger partial charge in [0.2, 0.25) is 5.91 Å². The molecular formula is C17H15Cl2FN2O3. The molecule has 25 heavy (non-hydrogen) atoms. The van der Waals surface area contributed by atoms with Crippen LogP contribution in [0.15, 0.2) is 36.4 Å². The Morgan fingerprint density at radius 3 is 2.48 bits per heavy atom. The fourth-order valence-corrected chi connectivity index (χ4v) is 2.38. The van der Waals surface area contributed by atoms with Gasteiger partial charge in [-0.05, 0) is 36.4 Å². The molecule has 0 fully saturated rings. The van der Waals surface area contributed by atoms with Crippen LogP contribution >= 0.6 is 23.2 Å². The van der Waals surface area contributed by atoms with Gasteiger partial charge in [-0.3, -0.25) is 9.59 Å². The van der Waals surface area contributed by atoms with Crippen molar-refractivity contribution in [2.75, 3.05) is 26.0 Å². The molecule has 0 spiro atoms. The van der Waals surface area contributed by atoms with Crippen LogP contribution in [0.1, 0.15) is 10.4 Å². The molecule has 0 aliphatic carbocycles. The highest BCUT2D eigenvalue weighted by Crippen LogP contribution is 2.25. The molecule has 0 bridgehead atoms. The van der Waals surface area contributed by atoms with E-state index in [0.29, 0.717) is 15.7 Å². The Kier molecular flexibility index (Phi) is 6.22. The largest absolute Gasteiger partial charge is 0.494 e. The van der Waals surface area contributed by atoms with E-state index in [1.54, 1.807) is 12.1 Å². The van der Waals surface area contributed by atoms with Gasteiger partial charge in [0.05, 0.1) is 23.7 Å². The zero-order valence-electron chi connectivity index (χ0n) is 13.5. The third-order valence-corrected chi connectivity index (χ3v) is 4.07. The lowest BCUT2D eigenvalue weighted by molar-refractivity contribution is -0.116. The summed E-state index contributed by atoms with van der Waals surface area (Å²) in [7, 11) is 2.78.